The highest BCUT2D eigenvalue weighted by atomic mass is 16.4. The molecule has 0 aliphatic heterocycles. The highest BCUT2D eigenvalue weighted by Crippen LogP contribution is 2.62. The highest BCUT2D eigenvalue weighted by molar-refractivity contribution is 5.35. The Morgan fingerprint density at radius 3 is 2.47 bits per heavy atom. The Balaban J connectivity index is 2.13. The molecule has 4 heteroatoms. The van der Waals surface area contributed by atoms with Crippen LogP contribution in [-0.4, -0.2) is 43.8 Å². The van der Waals surface area contributed by atoms with Gasteiger partial charge in [0.1, 0.15) is 5.60 Å². The SMILES string of the molecule is C=C1[C@H](O)[C@@H]2[C@H]3[C@H](CC[C@]2(C)O)[C@@H](C)C[C@H](O)[C@@]13O. The summed E-state index contributed by atoms with van der Waals surface area (Å²) < 4.78 is 0. The van der Waals surface area contributed by atoms with Crippen LogP contribution in [-0.2, 0) is 0 Å². The number of hydrogen-bond acceptors (Lipinski definition) is 4. The molecule has 0 heterocycles. The van der Waals surface area contributed by atoms with Crippen LogP contribution in [0.3, 0.4) is 0 Å². The average Bonchev–Trinajstić information content (AvgIpc) is 2.52. The minimum Gasteiger partial charge on any atom is -0.390 e. The summed E-state index contributed by atoms with van der Waals surface area (Å²) in [4.78, 5) is 0. The topological polar surface area (TPSA) is 80.9 Å². The average molecular weight is 268 g/mol. The molecule has 3 saturated carbocycles. The molecule has 0 unspecified atom stereocenters. The third kappa shape index (κ3) is 1.49. The molecule has 0 aromatic carbocycles. The molecule has 4 nitrogen and oxygen atoms in total. The first-order chi connectivity index (χ1) is 8.71. The minimum absolute atomic E-state index is 0.229. The molecule has 3 aliphatic rings. The van der Waals surface area contributed by atoms with Gasteiger partial charge in [-0.2, -0.15) is 0 Å². The summed E-state index contributed by atoms with van der Waals surface area (Å²) in [7, 11) is 0. The third-order valence-corrected chi connectivity index (χ3v) is 6.10. The summed E-state index contributed by atoms with van der Waals surface area (Å²) in [6.45, 7) is 7.63. The van der Waals surface area contributed by atoms with Gasteiger partial charge in [0.2, 0.25) is 0 Å². The van der Waals surface area contributed by atoms with Crippen molar-refractivity contribution in [2.45, 2.75) is 56.5 Å². The van der Waals surface area contributed by atoms with Crippen LogP contribution in [0, 0.1) is 23.7 Å². The Labute approximate surface area is 113 Å². The lowest BCUT2D eigenvalue weighted by atomic mass is 9.55. The van der Waals surface area contributed by atoms with Gasteiger partial charge in [0.05, 0.1) is 17.8 Å². The van der Waals surface area contributed by atoms with E-state index in [0.717, 1.165) is 6.42 Å². The van der Waals surface area contributed by atoms with Crippen molar-refractivity contribution < 1.29 is 20.4 Å². The first-order valence-electron chi connectivity index (χ1n) is 7.21. The quantitative estimate of drug-likeness (QED) is 0.481. The summed E-state index contributed by atoms with van der Waals surface area (Å²) in [5.41, 5.74) is -2.16. The van der Waals surface area contributed by atoms with Crippen LogP contribution in [0.15, 0.2) is 12.2 Å². The molecule has 0 radical (unpaired) electrons. The van der Waals surface area contributed by atoms with E-state index in [-0.39, 0.29) is 23.3 Å². The molecule has 19 heavy (non-hydrogen) atoms. The summed E-state index contributed by atoms with van der Waals surface area (Å²) >= 11 is 0. The molecule has 8 atom stereocenters. The predicted octanol–water partition coefficient (Wildman–Crippen LogP) is 0.442. The molecule has 0 aromatic heterocycles. The Kier molecular flexibility index (Phi) is 2.72. The van der Waals surface area contributed by atoms with Crippen LogP contribution in [0.25, 0.3) is 0 Å². The van der Waals surface area contributed by atoms with E-state index in [1.165, 1.54) is 0 Å². The van der Waals surface area contributed by atoms with Crippen molar-refractivity contribution in [3.8, 4) is 0 Å². The van der Waals surface area contributed by atoms with E-state index in [1.54, 1.807) is 6.92 Å². The summed E-state index contributed by atoms with van der Waals surface area (Å²) in [5.74, 6) is -0.205. The van der Waals surface area contributed by atoms with Gasteiger partial charge in [-0.15, -0.1) is 0 Å². The Bertz CT molecular complexity index is 418. The molecule has 0 aromatic rings. The standard InChI is InChI=1S/C15H24O4/c1-7-6-10(16)15(19)8(2)13(17)12-11(15)9(7)4-5-14(12,3)18/h7,9-13,16-19H,2,4-6H2,1,3H3/t7-,9+,10-,11+,12-,13-,14-,15-/m0/s1. The lowest BCUT2D eigenvalue weighted by molar-refractivity contribution is -0.190. The smallest absolute Gasteiger partial charge is 0.117 e. The molecule has 4 N–H and O–H groups in total. The van der Waals surface area contributed by atoms with Gasteiger partial charge in [-0.25, -0.2) is 0 Å². The second-order valence-corrected chi connectivity index (χ2v) is 7.14. The largest absolute Gasteiger partial charge is 0.390 e. The van der Waals surface area contributed by atoms with Gasteiger partial charge in [-0.05, 0) is 43.6 Å². The van der Waals surface area contributed by atoms with Crippen molar-refractivity contribution in [1.82, 2.24) is 0 Å². The first kappa shape index (κ1) is 13.6. The molecule has 0 amide bonds. The molecular formula is C15H24O4. The molecule has 0 spiro atoms. The first-order valence-corrected chi connectivity index (χ1v) is 7.21. The second kappa shape index (κ2) is 3.82. The van der Waals surface area contributed by atoms with E-state index < -0.39 is 29.3 Å². The highest BCUT2D eigenvalue weighted by Gasteiger charge is 2.68. The summed E-state index contributed by atoms with van der Waals surface area (Å²) in [5, 5.41) is 42.3. The van der Waals surface area contributed by atoms with Gasteiger partial charge in [0, 0.05) is 11.8 Å². The Morgan fingerprint density at radius 1 is 1.21 bits per heavy atom. The van der Waals surface area contributed by atoms with Crippen molar-refractivity contribution in [3.05, 3.63) is 12.2 Å². The molecule has 3 rings (SSSR count). The van der Waals surface area contributed by atoms with Crippen molar-refractivity contribution in [3.63, 3.8) is 0 Å². The zero-order valence-electron chi connectivity index (χ0n) is 11.6. The van der Waals surface area contributed by atoms with E-state index in [9.17, 15) is 20.4 Å². The molecule has 0 saturated heterocycles. The zero-order chi connectivity index (χ0) is 14.2. The number of aliphatic hydroxyl groups is 4. The van der Waals surface area contributed by atoms with Gasteiger partial charge in [-0.1, -0.05) is 13.5 Å². The third-order valence-electron chi connectivity index (χ3n) is 6.10. The van der Waals surface area contributed by atoms with Crippen LogP contribution in [0.1, 0.15) is 33.1 Å². The molecule has 3 aliphatic carbocycles. The summed E-state index contributed by atoms with van der Waals surface area (Å²) in [6, 6.07) is 0. The van der Waals surface area contributed by atoms with Gasteiger partial charge >= 0.3 is 0 Å². The van der Waals surface area contributed by atoms with Gasteiger partial charge in [0.15, 0.2) is 0 Å². The lowest BCUT2D eigenvalue weighted by Crippen LogP contribution is -2.60. The fourth-order valence-electron chi connectivity index (χ4n) is 5.04. The normalized spacial score (nSPS) is 61.1. The second-order valence-electron chi connectivity index (χ2n) is 7.14. The van der Waals surface area contributed by atoms with Crippen molar-refractivity contribution in [2.24, 2.45) is 23.7 Å². The van der Waals surface area contributed by atoms with Crippen LogP contribution in [0.4, 0.5) is 0 Å². The maximum Gasteiger partial charge on any atom is 0.117 e. The predicted molar refractivity (Wildman–Crippen MR) is 70.2 cm³/mol. The van der Waals surface area contributed by atoms with Crippen LogP contribution >= 0.6 is 0 Å². The number of aliphatic hydroxyl groups excluding tert-OH is 2. The van der Waals surface area contributed by atoms with Crippen LogP contribution in [0.5, 0.6) is 0 Å². The fraction of sp³-hybridized carbons (Fsp3) is 0.867. The maximum absolute atomic E-state index is 11.0. The van der Waals surface area contributed by atoms with E-state index in [0.29, 0.717) is 12.8 Å². The minimum atomic E-state index is -1.44. The number of hydrogen-bond donors (Lipinski definition) is 4. The van der Waals surface area contributed by atoms with E-state index in [4.69, 9.17) is 0 Å². The van der Waals surface area contributed by atoms with Crippen LogP contribution < -0.4 is 0 Å². The molecule has 0 bridgehead atoms. The molecular weight excluding hydrogens is 244 g/mol. The van der Waals surface area contributed by atoms with Gasteiger partial charge in [0.25, 0.3) is 0 Å². The fourth-order valence-corrected chi connectivity index (χ4v) is 5.04. The monoisotopic (exact) mass is 268 g/mol. The van der Waals surface area contributed by atoms with Crippen LogP contribution in [0.2, 0.25) is 0 Å². The summed E-state index contributed by atoms with van der Waals surface area (Å²) in [6.07, 6.45) is 0.139. The van der Waals surface area contributed by atoms with E-state index in [2.05, 4.69) is 13.5 Å². The Hall–Kier alpha value is -0.420. The van der Waals surface area contributed by atoms with E-state index >= 15 is 0 Å². The number of rotatable bonds is 0. The van der Waals surface area contributed by atoms with E-state index in [1.807, 2.05) is 0 Å². The van der Waals surface area contributed by atoms with Crippen molar-refractivity contribution in [1.29, 1.82) is 0 Å². The van der Waals surface area contributed by atoms with Gasteiger partial charge in [-0.3, -0.25) is 0 Å². The van der Waals surface area contributed by atoms with Gasteiger partial charge < -0.3 is 20.4 Å². The van der Waals surface area contributed by atoms with Crippen molar-refractivity contribution >= 4 is 0 Å². The molecule has 3 fully saturated rings. The lowest BCUT2D eigenvalue weighted by Gasteiger charge is -2.54. The maximum atomic E-state index is 11.0. The Morgan fingerprint density at radius 2 is 1.84 bits per heavy atom. The molecule has 108 valence electrons. The zero-order valence-corrected chi connectivity index (χ0v) is 11.6. The van der Waals surface area contributed by atoms with Crippen molar-refractivity contribution in [2.75, 3.05) is 0 Å².